The number of nitrogens with two attached hydrogens (primary N) is 2. The van der Waals surface area contributed by atoms with Crippen molar-refractivity contribution in [2.24, 2.45) is 5.73 Å². The number of rotatable bonds is 5. The van der Waals surface area contributed by atoms with Crippen molar-refractivity contribution < 1.29 is 4.39 Å². The minimum atomic E-state index is -0.508. The second-order valence-corrected chi connectivity index (χ2v) is 4.78. The van der Waals surface area contributed by atoms with E-state index in [0.29, 0.717) is 0 Å². The summed E-state index contributed by atoms with van der Waals surface area (Å²) >= 11 is 0. The van der Waals surface area contributed by atoms with Gasteiger partial charge in [0, 0.05) is 29.9 Å². The largest absolute Gasteiger partial charge is 0.368 e. The van der Waals surface area contributed by atoms with Gasteiger partial charge in [0.15, 0.2) is 0 Å². The second kappa shape index (κ2) is 9.10. The molecule has 0 spiro atoms. The van der Waals surface area contributed by atoms with Crippen molar-refractivity contribution in [1.29, 1.82) is 0 Å². The van der Waals surface area contributed by atoms with Gasteiger partial charge in [0.05, 0.1) is 0 Å². The standard InChI is InChI=1S/C15H19FN4.C2H6/c1-2-13(14(17)7-16)11-5-3-10(4-6-11)12-8-19-15(18)20-9-12;1-2/h3-6,8-9,13-14H,2,7,17H2,1H3,(H2,18,19,20);1-2H3. The number of halogens is 1. The fraction of sp³-hybridized carbons (Fsp3) is 0.412. The molecule has 4 nitrogen and oxygen atoms in total. The molecule has 120 valence electrons. The predicted molar refractivity (Wildman–Crippen MR) is 90.2 cm³/mol. The fourth-order valence-corrected chi connectivity index (χ4v) is 2.30. The molecule has 22 heavy (non-hydrogen) atoms. The maximum absolute atomic E-state index is 12.7. The summed E-state index contributed by atoms with van der Waals surface area (Å²) in [5.41, 5.74) is 14.2. The molecule has 1 aromatic heterocycles. The van der Waals surface area contributed by atoms with Crippen LogP contribution in [0.15, 0.2) is 36.7 Å². The van der Waals surface area contributed by atoms with Crippen LogP contribution in [0.2, 0.25) is 0 Å². The summed E-state index contributed by atoms with van der Waals surface area (Å²) in [5.74, 6) is 0.294. The van der Waals surface area contributed by atoms with E-state index in [2.05, 4.69) is 9.97 Å². The Morgan fingerprint density at radius 3 is 2.05 bits per heavy atom. The van der Waals surface area contributed by atoms with Crippen LogP contribution in [0.1, 0.15) is 38.7 Å². The van der Waals surface area contributed by atoms with E-state index in [-0.39, 0.29) is 11.9 Å². The van der Waals surface area contributed by atoms with Crippen molar-refractivity contribution in [2.75, 3.05) is 12.4 Å². The van der Waals surface area contributed by atoms with Gasteiger partial charge >= 0.3 is 0 Å². The number of nitrogens with zero attached hydrogens (tertiary/aromatic N) is 2. The lowest BCUT2D eigenvalue weighted by atomic mass is 9.89. The molecular weight excluding hydrogens is 279 g/mol. The van der Waals surface area contributed by atoms with Crippen molar-refractivity contribution in [3.05, 3.63) is 42.2 Å². The Balaban J connectivity index is 0.00000116. The van der Waals surface area contributed by atoms with E-state index < -0.39 is 12.7 Å². The van der Waals surface area contributed by atoms with Crippen LogP contribution in [-0.2, 0) is 0 Å². The minimum Gasteiger partial charge on any atom is -0.368 e. The molecule has 1 heterocycles. The van der Waals surface area contributed by atoms with Crippen LogP contribution in [0.3, 0.4) is 0 Å². The molecule has 2 aromatic rings. The zero-order valence-electron chi connectivity index (χ0n) is 13.5. The van der Waals surface area contributed by atoms with Gasteiger partial charge in [0.2, 0.25) is 5.95 Å². The maximum atomic E-state index is 12.7. The molecule has 0 amide bonds. The summed E-state index contributed by atoms with van der Waals surface area (Å²) in [4.78, 5) is 7.94. The third kappa shape index (κ3) is 4.49. The highest BCUT2D eigenvalue weighted by Gasteiger charge is 2.17. The highest BCUT2D eigenvalue weighted by molar-refractivity contribution is 5.62. The van der Waals surface area contributed by atoms with Gasteiger partial charge in [-0.25, -0.2) is 14.4 Å². The van der Waals surface area contributed by atoms with Crippen LogP contribution >= 0.6 is 0 Å². The van der Waals surface area contributed by atoms with Gasteiger partial charge in [0.1, 0.15) is 6.67 Å². The number of aromatic nitrogens is 2. The summed E-state index contributed by atoms with van der Waals surface area (Å²) in [5, 5.41) is 0. The lowest BCUT2D eigenvalue weighted by Gasteiger charge is -2.20. The Bertz CT molecular complexity index is 540. The van der Waals surface area contributed by atoms with Gasteiger partial charge in [-0.2, -0.15) is 0 Å². The molecule has 0 bridgehead atoms. The van der Waals surface area contributed by atoms with Crippen LogP contribution in [-0.4, -0.2) is 22.7 Å². The lowest BCUT2D eigenvalue weighted by molar-refractivity contribution is 0.380. The summed E-state index contributed by atoms with van der Waals surface area (Å²) in [6.45, 7) is 5.51. The Morgan fingerprint density at radius 2 is 1.59 bits per heavy atom. The molecule has 0 fully saturated rings. The number of nitrogen functional groups attached to an aromatic ring is 1. The summed E-state index contributed by atoms with van der Waals surface area (Å²) in [6.07, 6.45) is 4.18. The molecule has 0 radical (unpaired) electrons. The van der Waals surface area contributed by atoms with Crippen LogP contribution in [0, 0.1) is 0 Å². The average Bonchev–Trinajstić information content (AvgIpc) is 2.58. The molecule has 1 aromatic carbocycles. The smallest absolute Gasteiger partial charge is 0.219 e. The van der Waals surface area contributed by atoms with Crippen LogP contribution < -0.4 is 11.5 Å². The number of benzene rings is 1. The molecule has 0 aliphatic rings. The summed E-state index contributed by atoms with van der Waals surface area (Å²) in [6, 6.07) is 7.45. The molecule has 4 N–H and O–H groups in total. The van der Waals surface area contributed by atoms with E-state index in [1.807, 2.05) is 45.0 Å². The van der Waals surface area contributed by atoms with Crippen molar-refractivity contribution in [1.82, 2.24) is 9.97 Å². The van der Waals surface area contributed by atoms with Crippen molar-refractivity contribution >= 4 is 5.95 Å². The van der Waals surface area contributed by atoms with Gasteiger partial charge in [0.25, 0.3) is 0 Å². The zero-order valence-corrected chi connectivity index (χ0v) is 13.5. The van der Waals surface area contributed by atoms with E-state index in [4.69, 9.17) is 11.5 Å². The monoisotopic (exact) mass is 304 g/mol. The first-order chi connectivity index (χ1) is 10.7. The third-order valence-electron chi connectivity index (χ3n) is 3.48. The first-order valence-corrected chi connectivity index (χ1v) is 7.65. The van der Waals surface area contributed by atoms with E-state index >= 15 is 0 Å². The molecule has 2 atom stereocenters. The van der Waals surface area contributed by atoms with E-state index in [0.717, 1.165) is 23.1 Å². The van der Waals surface area contributed by atoms with Crippen LogP contribution in [0.5, 0.6) is 0 Å². The van der Waals surface area contributed by atoms with Gasteiger partial charge in [-0.15, -0.1) is 0 Å². The van der Waals surface area contributed by atoms with Crippen LogP contribution in [0.4, 0.5) is 10.3 Å². The zero-order chi connectivity index (χ0) is 16.5. The average molecular weight is 304 g/mol. The molecule has 0 aliphatic heterocycles. The van der Waals surface area contributed by atoms with Gasteiger partial charge in [-0.1, -0.05) is 45.0 Å². The minimum absolute atomic E-state index is 0.0386. The van der Waals surface area contributed by atoms with Gasteiger partial charge in [-0.3, -0.25) is 0 Å². The fourth-order valence-electron chi connectivity index (χ4n) is 2.30. The molecular formula is C17H25FN4. The third-order valence-corrected chi connectivity index (χ3v) is 3.48. The van der Waals surface area contributed by atoms with Crippen molar-refractivity contribution in [3.8, 4) is 11.1 Å². The molecule has 2 unspecified atom stereocenters. The quantitative estimate of drug-likeness (QED) is 0.885. The second-order valence-electron chi connectivity index (χ2n) is 4.78. The highest BCUT2D eigenvalue weighted by atomic mass is 19.1. The molecule has 0 saturated carbocycles. The number of alkyl halides is 1. The lowest BCUT2D eigenvalue weighted by Crippen LogP contribution is -2.30. The van der Waals surface area contributed by atoms with E-state index in [1.54, 1.807) is 12.4 Å². The first kappa shape index (κ1) is 18.0. The van der Waals surface area contributed by atoms with Gasteiger partial charge in [-0.05, 0) is 17.5 Å². The van der Waals surface area contributed by atoms with Crippen molar-refractivity contribution in [3.63, 3.8) is 0 Å². The molecule has 5 heteroatoms. The Labute approximate surface area is 131 Å². The van der Waals surface area contributed by atoms with Gasteiger partial charge < -0.3 is 11.5 Å². The first-order valence-electron chi connectivity index (χ1n) is 7.65. The number of anilines is 1. The Hall–Kier alpha value is -2.01. The molecule has 0 saturated heterocycles. The highest BCUT2D eigenvalue weighted by Crippen LogP contribution is 2.26. The topological polar surface area (TPSA) is 77.8 Å². The summed E-state index contributed by atoms with van der Waals surface area (Å²) in [7, 11) is 0. The predicted octanol–water partition coefficient (Wildman–Crippen LogP) is 3.54. The Kier molecular flexibility index (Phi) is 7.46. The molecule has 0 aliphatic carbocycles. The SMILES string of the molecule is CC.CCC(c1ccc(-c2cnc(N)nc2)cc1)C(N)CF. The maximum Gasteiger partial charge on any atom is 0.219 e. The Morgan fingerprint density at radius 1 is 1.05 bits per heavy atom. The number of hydrogen-bond donors (Lipinski definition) is 2. The summed E-state index contributed by atoms with van der Waals surface area (Å²) < 4.78 is 12.7. The van der Waals surface area contributed by atoms with Crippen molar-refractivity contribution in [2.45, 2.75) is 39.2 Å². The number of hydrogen-bond acceptors (Lipinski definition) is 4. The van der Waals surface area contributed by atoms with Crippen LogP contribution in [0.25, 0.3) is 11.1 Å². The normalized spacial score (nSPS) is 13.0. The van der Waals surface area contributed by atoms with E-state index in [1.165, 1.54) is 0 Å². The molecule has 2 rings (SSSR count). The van der Waals surface area contributed by atoms with E-state index in [9.17, 15) is 4.39 Å².